The van der Waals surface area contributed by atoms with Gasteiger partial charge in [0.2, 0.25) is 5.91 Å². The lowest BCUT2D eigenvalue weighted by molar-refractivity contribution is -0.117. The number of amides is 1. The van der Waals surface area contributed by atoms with Crippen LogP contribution in [0.5, 0.6) is 0 Å². The number of fused-ring (bicyclic) bond motifs is 1. The van der Waals surface area contributed by atoms with Gasteiger partial charge in [0.1, 0.15) is 16.6 Å². The number of thiazole rings is 1. The fraction of sp³-hybridized carbons (Fsp3) is 0.0556. The first-order chi connectivity index (χ1) is 12.9. The maximum Gasteiger partial charge on any atom is 0.264 e. The van der Waals surface area contributed by atoms with E-state index >= 15 is 0 Å². The van der Waals surface area contributed by atoms with Crippen molar-refractivity contribution >= 4 is 48.7 Å². The van der Waals surface area contributed by atoms with E-state index in [-0.39, 0.29) is 4.90 Å². The Bertz CT molecular complexity index is 1140. The number of anilines is 1. The monoisotopic (exact) mass is 398 g/mol. The number of nitrogens with one attached hydrogen (secondary N) is 2. The SMILES string of the molecule is CC(=O)NS(=O)(=O)c1ccc(N/C=C(\C#N)c2nc3ccccc3s2)cc1. The molecule has 0 aliphatic heterocycles. The molecule has 1 aromatic heterocycles. The van der Waals surface area contributed by atoms with Gasteiger partial charge < -0.3 is 5.32 Å². The van der Waals surface area contributed by atoms with Gasteiger partial charge in [-0.2, -0.15) is 5.26 Å². The number of sulfonamides is 1. The van der Waals surface area contributed by atoms with E-state index in [1.807, 2.05) is 29.0 Å². The third kappa shape index (κ3) is 4.31. The van der Waals surface area contributed by atoms with Gasteiger partial charge in [0.05, 0.1) is 15.1 Å². The van der Waals surface area contributed by atoms with Gasteiger partial charge in [0.15, 0.2) is 0 Å². The Morgan fingerprint density at radius 3 is 2.52 bits per heavy atom. The van der Waals surface area contributed by atoms with Crippen molar-refractivity contribution in [3.05, 3.63) is 59.7 Å². The molecule has 0 unspecified atom stereocenters. The number of allylic oxidation sites excluding steroid dienone is 1. The zero-order valence-electron chi connectivity index (χ0n) is 14.1. The van der Waals surface area contributed by atoms with Crippen molar-refractivity contribution in [2.75, 3.05) is 5.32 Å². The Labute approximate surface area is 160 Å². The van der Waals surface area contributed by atoms with Gasteiger partial charge in [0, 0.05) is 18.8 Å². The van der Waals surface area contributed by atoms with Crippen LogP contribution in [0.1, 0.15) is 11.9 Å². The van der Waals surface area contributed by atoms with Crippen LogP contribution in [0.4, 0.5) is 5.69 Å². The molecule has 3 rings (SSSR count). The van der Waals surface area contributed by atoms with Gasteiger partial charge in [0.25, 0.3) is 10.0 Å². The molecule has 2 N–H and O–H groups in total. The third-order valence-electron chi connectivity index (χ3n) is 3.47. The molecule has 0 fully saturated rings. The van der Waals surface area contributed by atoms with Crippen molar-refractivity contribution in [1.82, 2.24) is 9.71 Å². The number of para-hydroxylation sites is 1. The van der Waals surface area contributed by atoms with Crippen LogP contribution in [0.2, 0.25) is 0 Å². The minimum atomic E-state index is -3.87. The van der Waals surface area contributed by atoms with E-state index < -0.39 is 15.9 Å². The van der Waals surface area contributed by atoms with E-state index in [0.717, 1.165) is 17.1 Å². The normalized spacial score (nSPS) is 11.8. The predicted molar refractivity (Wildman–Crippen MR) is 104 cm³/mol. The second-order valence-corrected chi connectivity index (χ2v) is 8.20. The number of carbonyl (C=O) groups excluding carboxylic acids is 1. The van der Waals surface area contributed by atoms with Crippen LogP contribution in [0.25, 0.3) is 15.8 Å². The summed E-state index contributed by atoms with van der Waals surface area (Å²) in [4.78, 5) is 15.4. The average Bonchev–Trinajstić information content (AvgIpc) is 3.05. The first kappa shape index (κ1) is 18.6. The highest BCUT2D eigenvalue weighted by Gasteiger charge is 2.15. The lowest BCUT2D eigenvalue weighted by atomic mass is 10.3. The predicted octanol–water partition coefficient (Wildman–Crippen LogP) is 3.10. The summed E-state index contributed by atoms with van der Waals surface area (Å²) in [5.41, 5.74) is 1.78. The van der Waals surface area contributed by atoms with Crippen LogP contribution in [-0.4, -0.2) is 19.3 Å². The van der Waals surface area contributed by atoms with Crippen LogP contribution in [-0.2, 0) is 14.8 Å². The highest BCUT2D eigenvalue weighted by atomic mass is 32.2. The van der Waals surface area contributed by atoms with E-state index in [0.29, 0.717) is 16.3 Å². The number of carbonyl (C=O) groups is 1. The first-order valence-electron chi connectivity index (χ1n) is 7.75. The largest absolute Gasteiger partial charge is 0.360 e. The van der Waals surface area contributed by atoms with Crippen molar-refractivity contribution in [2.45, 2.75) is 11.8 Å². The molecule has 0 aliphatic carbocycles. The Morgan fingerprint density at radius 2 is 1.89 bits per heavy atom. The minimum Gasteiger partial charge on any atom is -0.360 e. The summed E-state index contributed by atoms with van der Waals surface area (Å²) in [6.45, 7) is 1.13. The summed E-state index contributed by atoms with van der Waals surface area (Å²) in [6.07, 6.45) is 1.52. The van der Waals surface area contributed by atoms with Crippen molar-refractivity contribution in [3.63, 3.8) is 0 Å². The van der Waals surface area contributed by atoms with Crippen molar-refractivity contribution in [1.29, 1.82) is 5.26 Å². The summed E-state index contributed by atoms with van der Waals surface area (Å²) < 4.78 is 26.7. The van der Waals surface area contributed by atoms with Crippen LogP contribution >= 0.6 is 11.3 Å². The van der Waals surface area contributed by atoms with E-state index in [1.165, 1.54) is 29.7 Å². The van der Waals surface area contributed by atoms with Crippen LogP contribution in [0, 0.1) is 11.3 Å². The molecular weight excluding hydrogens is 384 g/mol. The molecule has 2 aromatic carbocycles. The van der Waals surface area contributed by atoms with E-state index in [2.05, 4.69) is 16.4 Å². The van der Waals surface area contributed by atoms with Crippen LogP contribution in [0.15, 0.2) is 59.6 Å². The minimum absolute atomic E-state index is 0.0288. The molecule has 3 aromatic rings. The molecule has 1 amide bonds. The molecule has 0 spiro atoms. The Morgan fingerprint density at radius 1 is 1.19 bits per heavy atom. The fourth-order valence-corrected chi connectivity index (χ4v) is 4.19. The van der Waals surface area contributed by atoms with Crippen LogP contribution < -0.4 is 10.0 Å². The molecule has 0 saturated heterocycles. The van der Waals surface area contributed by atoms with Gasteiger partial charge in [-0.25, -0.2) is 18.1 Å². The molecule has 0 radical (unpaired) electrons. The van der Waals surface area contributed by atoms with E-state index in [1.54, 1.807) is 12.1 Å². The number of nitrogens with zero attached hydrogens (tertiary/aromatic N) is 2. The van der Waals surface area contributed by atoms with E-state index in [4.69, 9.17) is 0 Å². The summed E-state index contributed by atoms with van der Waals surface area (Å²) in [5.74, 6) is -0.658. The average molecular weight is 398 g/mol. The molecule has 136 valence electrons. The molecule has 7 nitrogen and oxygen atoms in total. The number of aromatic nitrogens is 1. The van der Waals surface area contributed by atoms with Crippen molar-refractivity contribution in [3.8, 4) is 6.07 Å². The highest BCUT2D eigenvalue weighted by Crippen LogP contribution is 2.26. The zero-order chi connectivity index (χ0) is 19.4. The number of hydrogen-bond acceptors (Lipinski definition) is 7. The molecule has 0 bridgehead atoms. The third-order valence-corrected chi connectivity index (χ3v) is 5.99. The maximum absolute atomic E-state index is 11.9. The number of benzene rings is 2. The van der Waals surface area contributed by atoms with Gasteiger partial charge in [-0.1, -0.05) is 12.1 Å². The quantitative estimate of drug-likeness (QED) is 0.639. The molecular formula is C18H14N4O3S2. The lowest BCUT2D eigenvalue weighted by Gasteiger charge is -2.06. The Hall–Kier alpha value is -3.22. The van der Waals surface area contributed by atoms with Crippen molar-refractivity contribution in [2.24, 2.45) is 0 Å². The molecule has 0 saturated carbocycles. The van der Waals surface area contributed by atoms with Gasteiger partial charge in [-0.05, 0) is 36.4 Å². The number of hydrogen-bond donors (Lipinski definition) is 2. The molecule has 0 aliphatic rings. The second kappa shape index (κ2) is 7.57. The topological polar surface area (TPSA) is 112 Å². The van der Waals surface area contributed by atoms with Crippen molar-refractivity contribution < 1.29 is 13.2 Å². The number of nitriles is 1. The first-order valence-corrected chi connectivity index (χ1v) is 10.1. The molecule has 0 atom stereocenters. The number of rotatable bonds is 5. The lowest BCUT2D eigenvalue weighted by Crippen LogP contribution is -2.28. The summed E-state index contributed by atoms with van der Waals surface area (Å²) in [6, 6.07) is 15.5. The highest BCUT2D eigenvalue weighted by molar-refractivity contribution is 7.90. The standard InChI is InChI=1S/C18H14N4O3S2/c1-12(23)22-27(24,25)15-8-6-14(7-9-15)20-11-13(10-19)18-21-16-4-2-3-5-17(16)26-18/h2-9,11,20H,1H3,(H,22,23)/b13-11+. The molecule has 9 heteroatoms. The summed E-state index contributed by atoms with van der Waals surface area (Å²) in [5, 5.41) is 13.0. The van der Waals surface area contributed by atoms with Crippen LogP contribution in [0.3, 0.4) is 0 Å². The summed E-state index contributed by atoms with van der Waals surface area (Å²) >= 11 is 1.42. The maximum atomic E-state index is 11.9. The Kier molecular flexibility index (Phi) is 5.21. The van der Waals surface area contributed by atoms with E-state index in [9.17, 15) is 18.5 Å². The second-order valence-electron chi connectivity index (χ2n) is 5.49. The Balaban J connectivity index is 1.80. The zero-order valence-corrected chi connectivity index (χ0v) is 15.8. The van der Waals surface area contributed by atoms with Gasteiger partial charge in [-0.15, -0.1) is 11.3 Å². The summed E-state index contributed by atoms with van der Waals surface area (Å²) in [7, 11) is -3.87. The molecule has 1 heterocycles. The van der Waals surface area contributed by atoms with Gasteiger partial charge in [-0.3, -0.25) is 4.79 Å². The fourth-order valence-electron chi connectivity index (χ4n) is 2.26. The molecule has 27 heavy (non-hydrogen) atoms. The smallest absolute Gasteiger partial charge is 0.264 e. The van der Waals surface area contributed by atoms with Gasteiger partial charge >= 0.3 is 0 Å².